The monoisotopic (exact) mass is 424 g/mol. The van der Waals surface area contributed by atoms with E-state index in [0.717, 1.165) is 29.3 Å². The van der Waals surface area contributed by atoms with E-state index in [9.17, 15) is 4.79 Å². The molecule has 1 amide bonds. The molecule has 3 N–H and O–H groups in total. The van der Waals surface area contributed by atoms with Gasteiger partial charge in [-0.15, -0.1) is 0 Å². The second-order valence-electron chi connectivity index (χ2n) is 7.58. The molecule has 3 rings (SSSR count). The SMILES string of the molecule is CCc1cccc(C)c1CNc1c(C(=O)NCCOCCO)ccc2nc(C)c(C)n12. The zero-order valence-electron chi connectivity index (χ0n) is 18.8. The molecule has 0 saturated carbocycles. The Kier molecular flexibility index (Phi) is 7.65. The van der Waals surface area contributed by atoms with Gasteiger partial charge in [0.15, 0.2) is 0 Å². The summed E-state index contributed by atoms with van der Waals surface area (Å²) in [6.07, 6.45) is 0.952. The molecule has 7 nitrogen and oxygen atoms in total. The third kappa shape index (κ3) is 5.06. The largest absolute Gasteiger partial charge is 0.394 e. The highest BCUT2D eigenvalue weighted by Gasteiger charge is 2.18. The molecule has 0 radical (unpaired) electrons. The third-order valence-corrected chi connectivity index (χ3v) is 5.58. The zero-order valence-corrected chi connectivity index (χ0v) is 18.8. The number of carbonyl (C=O) groups excluding carboxylic acids is 1. The molecule has 0 atom stereocenters. The number of fused-ring (bicyclic) bond motifs is 1. The van der Waals surface area contributed by atoms with E-state index in [0.29, 0.717) is 25.3 Å². The molecule has 1 aromatic carbocycles. The summed E-state index contributed by atoms with van der Waals surface area (Å²) < 4.78 is 7.25. The number of hydrogen-bond acceptors (Lipinski definition) is 5. The van der Waals surface area contributed by atoms with Crippen molar-refractivity contribution >= 4 is 17.4 Å². The van der Waals surface area contributed by atoms with Gasteiger partial charge in [0.2, 0.25) is 0 Å². The van der Waals surface area contributed by atoms with Crippen molar-refractivity contribution in [2.75, 3.05) is 31.7 Å². The number of aromatic nitrogens is 2. The molecule has 0 saturated heterocycles. The summed E-state index contributed by atoms with van der Waals surface area (Å²) in [6.45, 7) is 9.82. The standard InChI is InChI=1S/C24H32N4O3/c1-5-19-8-6-7-16(2)21(19)15-26-23-20(24(30)25-11-13-31-14-12-29)9-10-22-27-17(3)18(4)28(22)23/h6-10,26,29H,5,11-15H2,1-4H3,(H,25,30). The van der Waals surface area contributed by atoms with Crippen molar-refractivity contribution in [1.82, 2.24) is 14.7 Å². The van der Waals surface area contributed by atoms with E-state index in [1.807, 2.05) is 30.4 Å². The van der Waals surface area contributed by atoms with Gasteiger partial charge < -0.3 is 20.5 Å². The van der Waals surface area contributed by atoms with Gasteiger partial charge in [-0.2, -0.15) is 0 Å². The topological polar surface area (TPSA) is 87.9 Å². The highest BCUT2D eigenvalue weighted by molar-refractivity contribution is 5.99. The van der Waals surface area contributed by atoms with E-state index < -0.39 is 0 Å². The Bertz CT molecular complexity index is 1060. The minimum absolute atomic E-state index is 0.0312. The van der Waals surface area contributed by atoms with Crippen molar-refractivity contribution in [1.29, 1.82) is 0 Å². The molecule has 0 spiro atoms. The van der Waals surface area contributed by atoms with Crippen LogP contribution in [0, 0.1) is 20.8 Å². The predicted octanol–water partition coefficient (Wildman–Crippen LogP) is 3.17. The van der Waals surface area contributed by atoms with Crippen molar-refractivity contribution in [3.8, 4) is 0 Å². The number of aryl methyl sites for hydroxylation is 4. The van der Waals surface area contributed by atoms with Crippen LogP contribution in [0.5, 0.6) is 0 Å². The zero-order chi connectivity index (χ0) is 22.4. The number of aliphatic hydroxyl groups excluding tert-OH is 1. The Morgan fingerprint density at radius 1 is 1.16 bits per heavy atom. The van der Waals surface area contributed by atoms with Gasteiger partial charge in [-0.05, 0) is 56.0 Å². The molecule has 0 unspecified atom stereocenters. The summed E-state index contributed by atoms with van der Waals surface area (Å²) in [5.41, 5.74) is 7.07. The van der Waals surface area contributed by atoms with Crippen LogP contribution in [0.1, 0.15) is 45.4 Å². The van der Waals surface area contributed by atoms with Crippen LogP contribution in [0.3, 0.4) is 0 Å². The molecule has 2 heterocycles. The highest BCUT2D eigenvalue weighted by Crippen LogP contribution is 2.24. The Morgan fingerprint density at radius 2 is 1.97 bits per heavy atom. The fourth-order valence-corrected chi connectivity index (χ4v) is 3.76. The third-order valence-electron chi connectivity index (χ3n) is 5.58. The second-order valence-corrected chi connectivity index (χ2v) is 7.58. The quantitative estimate of drug-likeness (QED) is 0.435. The predicted molar refractivity (Wildman–Crippen MR) is 123 cm³/mol. The van der Waals surface area contributed by atoms with Crippen molar-refractivity contribution in [3.05, 3.63) is 64.0 Å². The van der Waals surface area contributed by atoms with Crippen LogP contribution in [0.4, 0.5) is 5.82 Å². The minimum Gasteiger partial charge on any atom is -0.394 e. The number of anilines is 1. The number of hydrogen-bond donors (Lipinski definition) is 3. The molecule has 0 aliphatic rings. The lowest BCUT2D eigenvalue weighted by Gasteiger charge is -2.18. The second kappa shape index (κ2) is 10.4. The van der Waals surface area contributed by atoms with E-state index >= 15 is 0 Å². The van der Waals surface area contributed by atoms with Crippen LogP contribution in [0.15, 0.2) is 30.3 Å². The van der Waals surface area contributed by atoms with Crippen molar-refractivity contribution in [2.45, 2.75) is 40.7 Å². The first kappa shape index (κ1) is 22.8. The Balaban J connectivity index is 1.92. The van der Waals surface area contributed by atoms with E-state index in [4.69, 9.17) is 9.84 Å². The maximum absolute atomic E-state index is 13.0. The summed E-state index contributed by atoms with van der Waals surface area (Å²) in [4.78, 5) is 17.6. The molecule has 0 aliphatic heterocycles. The average Bonchev–Trinajstić information content (AvgIpc) is 3.06. The number of nitrogens with zero attached hydrogens (tertiary/aromatic N) is 2. The van der Waals surface area contributed by atoms with Crippen molar-refractivity contribution < 1.29 is 14.6 Å². The van der Waals surface area contributed by atoms with Crippen LogP contribution in [-0.4, -0.2) is 46.8 Å². The fourth-order valence-electron chi connectivity index (χ4n) is 3.76. The molecule has 0 aliphatic carbocycles. The van der Waals surface area contributed by atoms with Crippen LogP contribution < -0.4 is 10.6 Å². The molecular weight excluding hydrogens is 392 g/mol. The maximum atomic E-state index is 13.0. The summed E-state index contributed by atoms with van der Waals surface area (Å²) in [5, 5.41) is 15.2. The lowest BCUT2D eigenvalue weighted by atomic mass is 10.00. The fraction of sp³-hybridized carbons (Fsp3) is 0.417. The molecule has 0 bridgehead atoms. The van der Waals surface area contributed by atoms with E-state index in [-0.39, 0.29) is 19.1 Å². The van der Waals surface area contributed by atoms with Gasteiger partial charge in [0.25, 0.3) is 5.91 Å². The minimum atomic E-state index is -0.178. The summed E-state index contributed by atoms with van der Waals surface area (Å²) in [7, 11) is 0. The molecular formula is C24H32N4O3. The lowest BCUT2D eigenvalue weighted by Crippen LogP contribution is -2.29. The van der Waals surface area contributed by atoms with Crippen LogP contribution in [0.2, 0.25) is 0 Å². The molecule has 166 valence electrons. The van der Waals surface area contributed by atoms with Crippen molar-refractivity contribution in [3.63, 3.8) is 0 Å². The number of benzene rings is 1. The number of ether oxygens (including phenoxy) is 1. The summed E-state index contributed by atoms with van der Waals surface area (Å²) in [6, 6.07) is 10.0. The maximum Gasteiger partial charge on any atom is 0.255 e. The van der Waals surface area contributed by atoms with E-state index in [1.165, 1.54) is 16.7 Å². The summed E-state index contributed by atoms with van der Waals surface area (Å²) >= 11 is 0. The number of imidazole rings is 1. The first-order valence-electron chi connectivity index (χ1n) is 10.7. The Hall–Kier alpha value is -2.90. The average molecular weight is 425 g/mol. The lowest BCUT2D eigenvalue weighted by molar-refractivity contribution is 0.0838. The van der Waals surface area contributed by atoms with Gasteiger partial charge >= 0.3 is 0 Å². The molecule has 3 aromatic rings. The normalized spacial score (nSPS) is 11.1. The number of nitrogens with one attached hydrogen (secondary N) is 2. The molecule has 7 heteroatoms. The van der Waals surface area contributed by atoms with E-state index in [2.05, 4.69) is 47.7 Å². The highest BCUT2D eigenvalue weighted by atomic mass is 16.5. The Labute approximate surface area is 183 Å². The van der Waals surface area contributed by atoms with Crippen molar-refractivity contribution in [2.24, 2.45) is 0 Å². The first-order valence-corrected chi connectivity index (χ1v) is 10.7. The Morgan fingerprint density at radius 3 is 2.71 bits per heavy atom. The number of carbonyl (C=O) groups is 1. The first-order chi connectivity index (χ1) is 15.0. The van der Waals surface area contributed by atoms with Gasteiger partial charge in [0.1, 0.15) is 11.5 Å². The number of aliphatic hydroxyl groups is 1. The van der Waals surface area contributed by atoms with Crippen LogP contribution >= 0.6 is 0 Å². The number of rotatable bonds is 10. The van der Waals surface area contributed by atoms with Gasteiger partial charge in [-0.25, -0.2) is 4.98 Å². The molecule has 2 aromatic heterocycles. The number of amides is 1. The van der Waals surface area contributed by atoms with E-state index in [1.54, 1.807) is 0 Å². The van der Waals surface area contributed by atoms with Gasteiger partial charge in [0, 0.05) is 18.8 Å². The van der Waals surface area contributed by atoms with Crippen LogP contribution in [0.25, 0.3) is 5.65 Å². The molecule has 31 heavy (non-hydrogen) atoms. The van der Waals surface area contributed by atoms with Crippen LogP contribution in [-0.2, 0) is 17.7 Å². The summed E-state index contributed by atoms with van der Waals surface area (Å²) in [5.74, 6) is 0.554. The van der Waals surface area contributed by atoms with Gasteiger partial charge in [0.05, 0.1) is 31.1 Å². The van der Waals surface area contributed by atoms with Gasteiger partial charge in [-0.3, -0.25) is 9.20 Å². The van der Waals surface area contributed by atoms with Gasteiger partial charge in [-0.1, -0.05) is 25.1 Å². The molecule has 0 fully saturated rings. The smallest absolute Gasteiger partial charge is 0.255 e. The number of pyridine rings is 1.